The maximum atomic E-state index is 13.9. The van der Waals surface area contributed by atoms with Gasteiger partial charge in [-0.15, -0.1) is 0 Å². The Morgan fingerprint density at radius 3 is 1.78 bits per heavy atom. The second-order valence-electron chi connectivity index (χ2n) is 17.6. The number of carbonyl (C=O) groups excluding carboxylic acids is 8. The molecule has 4 atom stereocenters. The first-order valence-electron chi connectivity index (χ1n) is 24.7. The molecule has 72 heavy (non-hydrogen) atoms. The van der Waals surface area contributed by atoms with Crippen LogP contribution in [0.5, 0.6) is 5.75 Å². The van der Waals surface area contributed by atoms with E-state index in [0.717, 1.165) is 16.5 Å². The van der Waals surface area contributed by atoms with Gasteiger partial charge < -0.3 is 76.0 Å². The van der Waals surface area contributed by atoms with Crippen molar-refractivity contribution in [1.29, 1.82) is 0 Å². The van der Waals surface area contributed by atoms with Crippen molar-refractivity contribution in [1.82, 2.24) is 42.2 Å². The van der Waals surface area contributed by atoms with E-state index in [9.17, 15) is 43.5 Å². The molecule has 0 saturated heterocycles. The number of para-hydroxylation sites is 1. The second kappa shape index (κ2) is 33.3. The summed E-state index contributed by atoms with van der Waals surface area (Å²) in [5.74, 6) is -3.50. The van der Waals surface area contributed by atoms with Gasteiger partial charge in [-0.2, -0.15) is 0 Å². The van der Waals surface area contributed by atoms with Gasteiger partial charge in [0.2, 0.25) is 47.3 Å². The molecule has 0 aliphatic carbocycles. The summed E-state index contributed by atoms with van der Waals surface area (Å²) in [4.78, 5) is 108. The number of benzene rings is 2. The maximum absolute atomic E-state index is 13.9. The summed E-state index contributed by atoms with van der Waals surface area (Å²) in [6, 6.07) is 9.99. The van der Waals surface area contributed by atoms with E-state index < -0.39 is 53.7 Å². The molecule has 0 radical (unpaired) electrons. The average Bonchev–Trinajstić information content (AvgIpc) is 3.75. The number of rotatable bonds is 36. The molecule has 0 bridgehead atoms. The molecule has 396 valence electrons. The number of phenolic OH excluding ortho intramolecular Hbond substituents is 1. The molecule has 19 N–H and O–H groups in total. The Morgan fingerprint density at radius 1 is 0.583 bits per heavy atom. The number of aliphatic imine (C=N–C) groups is 1. The maximum Gasteiger partial charge on any atom is 0.243 e. The number of nitrogens with one attached hydrogen (secondary N) is 8. The summed E-state index contributed by atoms with van der Waals surface area (Å²) < 4.78 is 0. The van der Waals surface area contributed by atoms with E-state index in [1.54, 1.807) is 18.3 Å². The number of phenols is 1. The quantitative estimate of drug-likeness (QED) is 0.0191. The molecule has 0 saturated carbocycles. The van der Waals surface area contributed by atoms with Crippen LogP contribution in [0, 0.1) is 0 Å². The van der Waals surface area contributed by atoms with Crippen LogP contribution >= 0.6 is 0 Å². The number of guanidine groups is 1. The van der Waals surface area contributed by atoms with Crippen molar-refractivity contribution < 1.29 is 43.5 Å². The molecule has 0 spiro atoms. The van der Waals surface area contributed by atoms with Crippen molar-refractivity contribution in [2.45, 2.75) is 127 Å². The van der Waals surface area contributed by atoms with Crippen LogP contribution in [0.4, 0.5) is 0 Å². The first-order chi connectivity index (χ1) is 34.6. The standard InChI is InChI=1S/C49H76N14O9/c50-23-7-3-14-39(62-48(72)40(28-32-19-21-34(64)22-20-32)63-46(70)36(51)29-33-30-59-37-13-2-1-12-35(33)37)47(71)57-26-10-6-17-42(66)55-24-8-4-16-41(65)56-25-9-5-18-43(67)60-31-44(68)61-38(45(52)69)15-11-27-58-49(53)54/h1-2,12-13,19-22,30,36,38-40,59,64H,3-11,14-18,23-29,31,50-51H2,(H2,52,69)(H,55,66)(H,56,65)(H,57,71)(H,60,67)(H,61,68)(H,62,72)(H,63,70)(H4,53,54,58)/t36-,38-,39-,40-/m0/s1. The second-order valence-corrected chi connectivity index (χ2v) is 17.6. The van der Waals surface area contributed by atoms with Gasteiger partial charge in [-0.3, -0.25) is 43.3 Å². The molecule has 3 aromatic rings. The molecular weight excluding hydrogens is 929 g/mol. The fraction of sp³-hybridized carbons (Fsp3) is 0.531. The molecule has 2 aromatic carbocycles. The van der Waals surface area contributed by atoms with Crippen molar-refractivity contribution in [3.05, 3.63) is 65.9 Å². The molecule has 1 heterocycles. The number of hydrogen-bond acceptors (Lipinski definition) is 12. The number of primary amides is 1. The van der Waals surface area contributed by atoms with Crippen molar-refractivity contribution >= 4 is 64.1 Å². The number of nitrogens with zero attached hydrogens (tertiary/aromatic N) is 1. The first kappa shape index (κ1) is 59.0. The molecule has 0 aliphatic heterocycles. The fourth-order valence-corrected chi connectivity index (χ4v) is 7.52. The van der Waals surface area contributed by atoms with E-state index in [4.69, 9.17) is 28.7 Å². The Kier molecular flexibility index (Phi) is 27.3. The highest BCUT2D eigenvalue weighted by Gasteiger charge is 2.29. The number of carbonyl (C=O) groups is 8. The third-order valence-corrected chi connectivity index (χ3v) is 11.5. The monoisotopic (exact) mass is 1000 g/mol. The largest absolute Gasteiger partial charge is 0.508 e. The molecule has 23 nitrogen and oxygen atoms in total. The normalized spacial score (nSPS) is 12.6. The van der Waals surface area contributed by atoms with Crippen LogP contribution in [0.2, 0.25) is 0 Å². The van der Waals surface area contributed by atoms with Crippen LogP contribution in [0.1, 0.15) is 101 Å². The fourth-order valence-electron chi connectivity index (χ4n) is 7.52. The number of unbranched alkanes of at least 4 members (excludes halogenated alkanes) is 4. The predicted molar refractivity (Wildman–Crippen MR) is 273 cm³/mol. The van der Waals surface area contributed by atoms with Gasteiger partial charge in [0.1, 0.15) is 23.9 Å². The highest BCUT2D eigenvalue weighted by atomic mass is 16.3. The third kappa shape index (κ3) is 24.0. The van der Waals surface area contributed by atoms with Gasteiger partial charge in [-0.25, -0.2) is 0 Å². The Hall–Kier alpha value is -7.27. The van der Waals surface area contributed by atoms with Crippen molar-refractivity contribution in [3.8, 4) is 5.75 Å². The molecular formula is C49H76N14O9. The Morgan fingerprint density at radius 2 is 1.17 bits per heavy atom. The number of aromatic amines is 1. The van der Waals surface area contributed by atoms with E-state index in [0.29, 0.717) is 89.4 Å². The van der Waals surface area contributed by atoms with Crippen LogP contribution in [-0.4, -0.2) is 127 Å². The van der Waals surface area contributed by atoms with E-state index in [1.165, 1.54) is 12.1 Å². The summed E-state index contributed by atoms with van der Waals surface area (Å²) in [6.07, 6.45) is 8.06. The first-order valence-corrected chi connectivity index (χ1v) is 24.7. The minimum atomic E-state index is -1.09. The number of nitrogens with two attached hydrogens (primary N) is 5. The number of amides is 8. The lowest BCUT2D eigenvalue weighted by atomic mass is 10.0. The number of H-pyrrole nitrogens is 1. The average molecular weight is 1010 g/mol. The van der Waals surface area contributed by atoms with Crippen LogP contribution in [0.3, 0.4) is 0 Å². The summed E-state index contributed by atoms with van der Waals surface area (Å²) in [7, 11) is 0. The number of aromatic nitrogens is 1. The van der Waals surface area contributed by atoms with E-state index in [1.807, 2.05) is 24.3 Å². The number of fused-ring (bicyclic) bond motifs is 1. The Bertz CT molecular complexity index is 2230. The van der Waals surface area contributed by atoms with Crippen molar-refractivity contribution in [2.24, 2.45) is 33.7 Å². The lowest BCUT2D eigenvalue weighted by Crippen LogP contribution is -2.56. The zero-order chi connectivity index (χ0) is 52.7. The van der Waals surface area contributed by atoms with Crippen LogP contribution < -0.4 is 65.9 Å². The van der Waals surface area contributed by atoms with Crippen molar-refractivity contribution in [2.75, 3.05) is 39.3 Å². The lowest BCUT2D eigenvalue weighted by molar-refractivity contribution is -0.132. The minimum Gasteiger partial charge on any atom is -0.508 e. The van der Waals surface area contributed by atoms with Crippen LogP contribution in [-0.2, 0) is 51.2 Å². The molecule has 0 aliphatic rings. The van der Waals surface area contributed by atoms with E-state index in [2.05, 4.69) is 47.2 Å². The van der Waals surface area contributed by atoms with Gasteiger partial charge in [0.05, 0.1) is 12.6 Å². The van der Waals surface area contributed by atoms with Gasteiger partial charge in [0, 0.05) is 69.0 Å². The molecule has 0 fully saturated rings. The lowest BCUT2D eigenvalue weighted by Gasteiger charge is -2.24. The van der Waals surface area contributed by atoms with Gasteiger partial charge >= 0.3 is 0 Å². The molecule has 0 unspecified atom stereocenters. The zero-order valence-corrected chi connectivity index (χ0v) is 41.1. The number of aromatic hydroxyl groups is 1. The summed E-state index contributed by atoms with van der Waals surface area (Å²) in [5.41, 5.74) is 30.4. The number of hydrogen-bond donors (Lipinski definition) is 14. The molecule has 1 aromatic heterocycles. The smallest absolute Gasteiger partial charge is 0.243 e. The topological polar surface area (TPSA) is 399 Å². The van der Waals surface area contributed by atoms with Crippen LogP contribution in [0.25, 0.3) is 10.9 Å². The zero-order valence-electron chi connectivity index (χ0n) is 41.1. The van der Waals surface area contributed by atoms with Crippen LogP contribution in [0.15, 0.2) is 59.7 Å². The summed E-state index contributed by atoms with van der Waals surface area (Å²) >= 11 is 0. The Balaban J connectivity index is 1.31. The van der Waals surface area contributed by atoms with Gasteiger partial charge in [-0.1, -0.05) is 30.3 Å². The molecule has 8 amide bonds. The Labute approximate surface area is 420 Å². The van der Waals surface area contributed by atoms with Gasteiger partial charge in [0.15, 0.2) is 5.96 Å². The highest BCUT2D eigenvalue weighted by Crippen LogP contribution is 2.19. The molecule has 3 rings (SSSR count). The predicted octanol–water partition coefficient (Wildman–Crippen LogP) is -0.916. The minimum absolute atomic E-state index is 0.0449. The van der Waals surface area contributed by atoms with Crippen molar-refractivity contribution in [3.63, 3.8) is 0 Å². The SMILES string of the molecule is NCCCC[C@H](NC(=O)[C@H](Cc1ccc(O)cc1)NC(=O)[C@@H](N)Cc1c[nH]c2ccccc12)C(=O)NCCCCC(=O)NCCCCC(=O)NCCCCC(=O)NCC(=O)N[C@@H](CCCN=C(N)N)C(N)=O. The summed E-state index contributed by atoms with van der Waals surface area (Å²) in [6.45, 7) is 1.39. The third-order valence-electron chi connectivity index (χ3n) is 11.5. The van der Waals surface area contributed by atoms with E-state index >= 15 is 0 Å². The van der Waals surface area contributed by atoms with E-state index in [-0.39, 0.29) is 87.6 Å². The van der Waals surface area contributed by atoms with Gasteiger partial charge in [-0.05, 0) is 113 Å². The summed E-state index contributed by atoms with van der Waals surface area (Å²) in [5, 5.41) is 29.9. The highest BCUT2D eigenvalue weighted by molar-refractivity contribution is 5.94. The molecule has 23 heteroatoms. The van der Waals surface area contributed by atoms with Gasteiger partial charge in [0.25, 0.3) is 0 Å².